The third-order valence-electron chi connectivity index (χ3n) is 3.56. The molecule has 1 aromatic carbocycles. The maximum atomic E-state index is 12.5. The maximum Gasteiger partial charge on any atom is 0.272 e. The van der Waals surface area contributed by atoms with Crippen molar-refractivity contribution in [2.75, 3.05) is 10.0 Å². The summed E-state index contributed by atoms with van der Waals surface area (Å²) in [7, 11) is -3.68. The molecule has 3 aromatic rings. The molecule has 0 aliphatic carbocycles. The van der Waals surface area contributed by atoms with E-state index >= 15 is 0 Å². The molecule has 1 unspecified atom stereocenters. The van der Waals surface area contributed by atoms with Gasteiger partial charge in [0.25, 0.3) is 10.0 Å². The van der Waals surface area contributed by atoms with Crippen molar-refractivity contribution in [3.8, 4) is 0 Å². The van der Waals surface area contributed by atoms with Crippen molar-refractivity contribution in [2.24, 2.45) is 0 Å². The van der Waals surface area contributed by atoms with Crippen LogP contribution in [0.25, 0.3) is 11.0 Å². The Morgan fingerprint density at radius 2 is 1.75 bits per heavy atom. The van der Waals surface area contributed by atoms with Crippen molar-refractivity contribution in [3.05, 3.63) is 41.8 Å². The largest absolute Gasteiger partial charge is 0.365 e. The van der Waals surface area contributed by atoms with Crippen molar-refractivity contribution in [1.29, 1.82) is 0 Å². The van der Waals surface area contributed by atoms with E-state index in [0.717, 1.165) is 17.8 Å². The fourth-order valence-corrected chi connectivity index (χ4v) is 4.10. The lowest BCUT2D eigenvalue weighted by atomic mass is 10.2. The predicted molar refractivity (Wildman–Crippen MR) is 98.0 cm³/mol. The minimum Gasteiger partial charge on any atom is -0.365 e. The zero-order chi connectivity index (χ0) is 17.2. The van der Waals surface area contributed by atoms with Crippen LogP contribution in [0.1, 0.15) is 20.3 Å². The van der Waals surface area contributed by atoms with E-state index in [1.165, 1.54) is 0 Å². The van der Waals surface area contributed by atoms with Gasteiger partial charge in [-0.1, -0.05) is 25.1 Å². The molecule has 0 fully saturated rings. The van der Waals surface area contributed by atoms with E-state index in [-0.39, 0.29) is 16.1 Å². The van der Waals surface area contributed by atoms with Crippen LogP contribution in [0.2, 0.25) is 0 Å². The second-order valence-corrected chi connectivity index (χ2v) is 8.26. The summed E-state index contributed by atoms with van der Waals surface area (Å²) in [6, 6.07) is 10.8. The van der Waals surface area contributed by atoms with Crippen molar-refractivity contribution in [1.82, 2.24) is 9.97 Å². The lowest BCUT2D eigenvalue weighted by molar-refractivity contribution is 0.603. The minimum absolute atomic E-state index is 0.144. The Bertz CT molecular complexity index is 940. The van der Waals surface area contributed by atoms with Crippen LogP contribution in [0, 0.1) is 0 Å². The molecule has 3 rings (SSSR count). The predicted octanol–water partition coefficient (Wildman–Crippen LogP) is 3.70. The summed E-state index contributed by atoms with van der Waals surface area (Å²) in [5.74, 6) is 0.644. The van der Waals surface area contributed by atoms with Crippen LogP contribution < -0.4 is 10.0 Å². The van der Waals surface area contributed by atoms with Gasteiger partial charge in [0.15, 0.2) is 11.6 Å². The number of hydrogen-bond acceptors (Lipinski definition) is 6. The first kappa shape index (κ1) is 16.7. The first-order chi connectivity index (χ1) is 11.5. The molecule has 0 saturated heterocycles. The van der Waals surface area contributed by atoms with Gasteiger partial charge in [0.2, 0.25) is 0 Å². The Morgan fingerprint density at radius 3 is 2.33 bits per heavy atom. The van der Waals surface area contributed by atoms with Crippen LogP contribution in [0.5, 0.6) is 0 Å². The lowest BCUT2D eigenvalue weighted by Gasteiger charge is -2.16. The number of benzene rings is 1. The van der Waals surface area contributed by atoms with E-state index in [0.29, 0.717) is 16.9 Å². The Balaban J connectivity index is 2.05. The quantitative estimate of drug-likeness (QED) is 0.698. The van der Waals surface area contributed by atoms with Crippen LogP contribution in [0.3, 0.4) is 0 Å². The normalized spacial score (nSPS) is 12.9. The number of sulfonamides is 1. The number of aromatic nitrogens is 2. The highest BCUT2D eigenvalue weighted by molar-refractivity contribution is 7.94. The first-order valence-electron chi connectivity index (χ1n) is 7.59. The fourth-order valence-electron chi connectivity index (χ4n) is 2.10. The monoisotopic (exact) mass is 362 g/mol. The number of thiophene rings is 1. The van der Waals surface area contributed by atoms with Gasteiger partial charge in [-0.25, -0.2) is 18.4 Å². The SMILES string of the molecule is CCC(C)Nc1nc2ccccc2nc1NS(=O)(=O)c1cccs1. The summed E-state index contributed by atoms with van der Waals surface area (Å²) in [5.41, 5.74) is 1.35. The molecule has 1 atom stereocenters. The molecule has 126 valence electrons. The molecule has 6 nitrogen and oxygen atoms in total. The van der Waals surface area contributed by atoms with E-state index in [9.17, 15) is 8.42 Å². The summed E-state index contributed by atoms with van der Waals surface area (Å²) in [6.45, 7) is 4.05. The van der Waals surface area contributed by atoms with Gasteiger partial charge in [-0.15, -0.1) is 11.3 Å². The molecule has 2 heterocycles. The van der Waals surface area contributed by atoms with Crippen molar-refractivity contribution in [2.45, 2.75) is 30.5 Å². The molecular formula is C16H18N4O2S2. The van der Waals surface area contributed by atoms with Crippen molar-refractivity contribution in [3.63, 3.8) is 0 Å². The summed E-state index contributed by atoms with van der Waals surface area (Å²) < 4.78 is 27.8. The fraction of sp³-hybridized carbons (Fsp3) is 0.250. The number of nitrogens with zero attached hydrogens (tertiary/aromatic N) is 2. The number of fused-ring (bicyclic) bond motifs is 1. The van der Waals surface area contributed by atoms with Gasteiger partial charge in [0, 0.05) is 6.04 Å². The molecule has 2 aromatic heterocycles. The topological polar surface area (TPSA) is 84.0 Å². The van der Waals surface area contributed by atoms with Gasteiger partial charge >= 0.3 is 0 Å². The van der Waals surface area contributed by atoms with Gasteiger partial charge in [-0.05, 0) is 36.9 Å². The Hall–Kier alpha value is -2.19. The minimum atomic E-state index is -3.68. The zero-order valence-corrected chi connectivity index (χ0v) is 15.0. The first-order valence-corrected chi connectivity index (χ1v) is 9.95. The van der Waals surface area contributed by atoms with E-state index in [2.05, 4.69) is 20.0 Å². The van der Waals surface area contributed by atoms with Crippen LogP contribution in [0.15, 0.2) is 46.0 Å². The molecule has 24 heavy (non-hydrogen) atoms. The van der Waals surface area contributed by atoms with Gasteiger partial charge in [-0.3, -0.25) is 4.72 Å². The number of para-hydroxylation sites is 2. The third kappa shape index (κ3) is 3.49. The van der Waals surface area contributed by atoms with Crippen molar-refractivity contribution < 1.29 is 8.42 Å². The highest BCUT2D eigenvalue weighted by atomic mass is 32.2. The van der Waals surface area contributed by atoms with Gasteiger partial charge in [0.1, 0.15) is 4.21 Å². The van der Waals surface area contributed by atoms with E-state index in [4.69, 9.17) is 0 Å². The highest BCUT2D eigenvalue weighted by Gasteiger charge is 2.20. The maximum absolute atomic E-state index is 12.5. The van der Waals surface area contributed by atoms with Gasteiger partial charge < -0.3 is 5.32 Å². The van der Waals surface area contributed by atoms with E-state index in [1.807, 2.05) is 32.0 Å². The molecule has 8 heteroatoms. The molecule has 0 radical (unpaired) electrons. The highest BCUT2D eigenvalue weighted by Crippen LogP contribution is 2.26. The zero-order valence-electron chi connectivity index (χ0n) is 13.4. The lowest BCUT2D eigenvalue weighted by Crippen LogP contribution is -2.19. The number of hydrogen-bond donors (Lipinski definition) is 2. The smallest absolute Gasteiger partial charge is 0.272 e. The number of anilines is 2. The molecule has 0 bridgehead atoms. The summed E-state index contributed by atoms with van der Waals surface area (Å²) in [5, 5.41) is 4.94. The Morgan fingerprint density at radius 1 is 1.08 bits per heavy atom. The second-order valence-electron chi connectivity index (χ2n) is 5.40. The van der Waals surface area contributed by atoms with Crippen LogP contribution in [-0.2, 0) is 10.0 Å². The second kappa shape index (κ2) is 6.74. The summed E-state index contributed by atoms with van der Waals surface area (Å²) in [4.78, 5) is 8.98. The molecule has 0 spiro atoms. The molecule has 2 N–H and O–H groups in total. The summed E-state index contributed by atoms with van der Waals surface area (Å²) >= 11 is 1.16. The average Bonchev–Trinajstić information content (AvgIpc) is 3.10. The van der Waals surface area contributed by atoms with Crippen molar-refractivity contribution >= 4 is 44.0 Å². The number of rotatable bonds is 6. The van der Waals surface area contributed by atoms with Crippen LogP contribution >= 0.6 is 11.3 Å². The standard InChI is InChI=1S/C16H18N4O2S2/c1-3-11(2)17-15-16(19-13-8-5-4-7-12(13)18-15)20-24(21,22)14-9-6-10-23-14/h4-11H,3H2,1-2H3,(H,17,18)(H,19,20). The van der Waals surface area contributed by atoms with Gasteiger partial charge in [0.05, 0.1) is 11.0 Å². The van der Waals surface area contributed by atoms with E-state index in [1.54, 1.807) is 23.6 Å². The third-order valence-corrected chi connectivity index (χ3v) is 6.29. The molecule has 0 saturated carbocycles. The number of nitrogens with one attached hydrogen (secondary N) is 2. The molecular weight excluding hydrogens is 344 g/mol. The van der Waals surface area contributed by atoms with Crippen LogP contribution in [-0.4, -0.2) is 24.4 Å². The summed E-state index contributed by atoms with van der Waals surface area (Å²) in [6.07, 6.45) is 0.881. The molecule has 0 aliphatic rings. The Labute approximate surface area is 145 Å². The molecule has 0 aliphatic heterocycles. The average molecular weight is 362 g/mol. The van der Waals surface area contributed by atoms with Gasteiger partial charge in [-0.2, -0.15) is 0 Å². The van der Waals surface area contributed by atoms with E-state index < -0.39 is 10.0 Å². The Kier molecular flexibility index (Phi) is 4.68. The van der Waals surface area contributed by atoms with Crippen LogP contribution in [0.4, 0.5) is 11.6 Å². The molecule has 0 amide bonds.